The van der Waals surface area contributed by atoms with E-state index in [1.165, 1.54) is 11.6 Å². The quantitative estimate of drug-likeness (QED) is 0.181. The Morgan fingerprint density at radius 3 is 1.91 bits per heavy atom. The molecule has 2 atom stereocenters. The molecule has 4 aliphatic rings. The summed E-state index contributed by atoms with van der Waals surface area (Å²) in [5, 5.41) is 0. The lowest BCUT2D eigenvalue weighted by Gasteiger charge is -2.28. The third kappa shape index (κ3) is 8.83. The van der Waals surface area contributed by atoms with Crippen LogP contribution in [0, 0.1) is 13.8 Å². The molecule has 2 fully saturated rings. The van der Waals surface area contributed by atoms with Crippen molar-refractivity contribution >= 4 is 0 Å². The van der Waals surface area contributed by atoms with Crippen LogP contribution in [0.1, 0.15) is 31.9 Å². The summed E-state index contributed by atoms with van der Waals surface area (Å²) in [6.07, 6.45) is -2.41. The molecule has 56 heavy (non-hydrogen) atoms. The number of nitrogens with zero attached hydrogens (tertiary/aromatic N) is 2. The summed E-state index contributed by atoms with van der Waals surface area (Å²) < 4.78 is 88.7. The molecule has 0 N–H and O–H groups in total. The molecular weight excluding hydrogens is 730 g/mol. The first-order valence-electron chi connectivity index (χ1n) is 19.8. The molecule has 0 radical (unpaired) electrons. The van der Waals surface area contributed by atoms with Crippen molar-refractivity contribution in [1.82, 2.24) is 9.13 Å². The van der Waals surface area contributed by atoms with E-state index in [4.69, 9.17) is 40.6 Å². The van der Waals surface area contributed by atoms with E-state index in [1.54, 1.807) is 29.7 Å². The first-order valence-corrected chi connectivity index (χ1v) is 18.8. The topological polar surface area (TPSA) is 118 Å². The largest absolute Gasteiger partial charge is 0.494 e. The van der Waals surface area contributed by atoms with Gasteiger partial charge in [-0.25, -0.2) is 0 Å². The summed E-state index contributed by atoms with van der Waals surface area (Å²) in [4.78, 5) is 25.3. The zero-order valence-corrected chi connectivity index (χ0v) is 31.6. The van der Waals surface area contributed by atoms with Crippen molar-refractivity contribution in [2.45, 2.75) is 58.9 Å². The van der Waals surface area contributed by atoms with Crippen molar-refractivity contribution in [2.75, 3.05) is 59.5 Å². The Morgan fingerprint density at radius 2 is 1.34 bits per heavy atom. The highest BCUT2D eigenvalue weighted by molar-refractivity contribution is 5.72. The van der Waals surface area contributed by atoms with Gasteiger partial charge in [0, 0.05) is 47.5 Å². The van der Waals surface area contributed by atoms with E-state index in [2.05, 4.69) is 10.6 Å². The molecule has 14 heteroatoms. The molecule has 4 aliphatic heterocycles. The first kappa shape index (κ1) is 36.6. The average Bonchev–Trinajstić information content (AvgIpc) is 3.24. The van der Waals surface area contributed by atoms with Crippen molar-refractivity contribution in [3.63, 3.8) is 0 Å². The van der Waals surface area contributed by atoms with Gasteiger partial charge >= 0.3 is 6.08 Å². The van der Waals surface area contributed by atoms with Crippen LogP contribution in [0.3, 0.4) is 0 Å². The monoisotopic (exact) mass is 778 g/mol. The third-order valence-electron chi connectivity index (χ3n) is 9.97. The van der Waals surface area contributed by atoms with Gasteiger partial charge in [-0.1, -0.05) is 0 Å². The molecule has 0 spiro atoms. The number of pyridine rings is 2. The van der Waals surface area contributed by atoms with Crippen molar-refractivity contribution in [3.8, 4) is 45.8 Å². The second-order valence-electron chi connectivity index (χ2n) is 13.6. The predicted octanol–water partition coefficient (Wildman–Crippen LogP) is 5.86. The molecule has 8 rings (SSSR count). The van der Waals surface area contributed by atoms with Gasteiger partial charge in [-0.05, 0) is 81.1 Å². The Hall–Kier alpha value is -5.02. The maximum absolute atomic E-state index is 12.7. The van der Waals surface area contributed by atoms with Crippen LogP contribution in [0.25, 0.3) is 22.5 Å². The fraction of sp³-hybridized carbons (Fsp3) is 0.429. The zero-order chi connectivity index (χ0) is 40.9. The summed E-state index contributed by atoms with van der Waals surface area (Å²) in [5.74, 6) is 1.75. The van der Waals surface area contributed by atoms with Crippen molar-refractivity contribution in [1.29, 1.82) is 0 Å². The molecule has 0 saturated carbocycles. The second-order valence-corrected chi connectivity index (χ2v) is 13.6. The van der Waals surface area contributed by atoms with Crippen LogP contribution < -0.4 is 29.8 Å². The number of hydrogen-bond acceptors (Lipinski definition) is 10. The Bertz CT molecular complexity index is 2300. The number of ether oxygens (including phenoxy) is 8. The van der Waals surface area contributed by atoms with Gasteiger partial charge in [-0.2, -0.15) is 8.78 Å². The van der Waals surface area contributed by atoms with Crippen LogP contribution in [-0.4, -0.2) is 80.8 Å². The number of hydrogen-bond donors (Lipinski definition) is 0. The van der Waals surface area contributed by atoms with Crippen molar-refractivity contribution in [2.24, 2.45) is 0 Å². The third-order valence-corrected chi connectivity index (χ3v) is 9.97. The molecule has 2 aromatic heterocycles. The first-order chi connectivity index (χ1) is 28.0. The van der Waals surface area contributed by atoms with Gasteiger partial charge < -0.3 is 47.0 Å². The highest BCUT2D eigenvalue weighted by atomic mass is 19.3. The average molecular weight is 779 g/mol. The van der Waals surface area contributed by atoms with Gasteiger partial charge in [0.1, 0.15) is 38.3 Å². The molecule has 0 unspecified atom stereocenters. The minimum Gasteiger partial charge on any atom is -0.494 e. The maximum Gasteiger partial charge on any atom is 0.305 e. The van der Waals surface area contributed by atoms with E-state index in [-0.39, 0.29) is 41.9 Å². The van der Waals surface area contributed by atoms with E-state index < -0.39 is 17.7 Å². The minimum atomic E-state index is -2.21. The number of aromatic nitrogens is 2. The maximum atomic E-state index is 12.7. The van der Waals surface area contributed by atoms with E-state index in [0.29, 0.717) is 83.0 Å². The number of benzene rings is 2. The molecule has 0 aliphatic carbocycles. The van der Waals surface area contributed by atoms with E-state index in [1.807, 2.05) is 26.0 Å². The van der Waals surface area contributed by atoms with Crippen LogP contribution in [0.4, 0.5) is 8.78 Å². The summed E-state index contributed by atoms with van der Waals surface area (Å²) in [6, 6.07) is 12.2. The lowest BCUT2D eigenvalue weighted by molar-refractivity contribution is -0.102. The fourth-order valence-electron chi connectivity index (χ4n) is 7.27. The minimum absolute atomic E-state index is 0.0150. The Balaban J connectivity index is 0.000000178. The van der Waals surface area contributed by atoms with Gasteiger partial charge in [0.25, 0.3) is 0 Å². The van der Waals surface area contributed by atoms with Crippen molar-refractivity contribution < 1.29 is 49.4 Å². The summed E-state index contributed by atoms with van der Waals surface area (Å²) >= 11 is 0. The molecule has 2 aromatic carbocycles. The van der Waals surface area contributed by atoms with E-state index in [9.17, 15) is 18.4 Å². The van der Waals surface area contributed by atoms with Crippen LogP contribution >= 0.6 is 0 Å². The zero-order valence-electron chi connectivity index (χ0n) is 33.6. The molecule has 0 amide bonds. The summed E-state index contributed by atoms with van der Waals surface area (Å²) in [5.41, 5.74) is 6.03. The number of aryl methyl sites for hydroxylation is 2. The lowest BCUT2D eigenvalue weighted by atomic mass is 9.94. The SMILES string of the molecule is CCOc1ccc2c(c1)CCn1c(OC[C@@H]3COCCO3)cc(=O)c(C)c1-2.[2H]C(Oc1ccc2c(c1)CCn1c(OC[C@@H]3COCCO3)c([2H])c(=O)c(C)c1-2)=C(F)F. The molecule has 4 aromatic rings. The normalized spacial score (nSPS) is 18.7. The molecular formula is C42H46F2N2O10. The highest BCUT2D eigenvalue weighted by Gasteiger charge is 2.26. The fourth-order valence-corrected chi connectivity index (χ4v) is 7.27. The highest BCUT2D eigenvalue weighted by Crippen LogP contribution is 2.37. The van der Waals surface area contributed by atoms with E-state index in [0.717, 1.165) is 46.7 Å². The second kappa shape index (κ2) is 17.8. The molecule has 12 nitrogen and oxygen atoms in total. The van der Waals surface area contributed by atoms with E-state index >= 15 is 0 Å². The Labute approximate surface area is 325 Å². The standard InChI is InChI=1S/C21H21F2NO5.C21H25NO5/c1-13-18(25)9-20(29-11-16-10-26-6-7-27-16)24-5-4-14-8-15(28-12-19(22)23)2-3-17(14)21(13)24;1-3-25-16-4-5-18-15(10-16)6-7-22-20(11-19(23)14(2)21(18)22)27-13-17-12-24-8-9-26-17/h2-3,8-9,12,16H,4-7,10-11H2,1H3;4-5,10-11,17H,3,6-9,12-13H2,1-2H3/t16-;17-/m00/s1/i9D,12D;. The molecule has 2 saturated heterocycles. The lowest BCUT2D eigenvalue weighted by Crippen LogP contribution is -2.34. The summed E-state index contributed by atoms with van der Waals surface area (Å²) in [7, 11) is 0. The number of rotatable bonds is 10. The predicted molar refractivity (Wildman–Crippen MR) is 203 cm³/mol. The smallest absolute Gasteiger partial charge is 0.305 e. The van der Waals surface area contributed by atoms with Crippen LogP contribution in [0.2, 0.25) is 0 Å². The Morgan fingerprint density at radius 1 is 0.786 bits per heavy atom. The van der Waals surface area contributed by atoms with Crippen LogP contribution in [0.5, 0.6) is 23.3 Å². The van der Waals surface area contributed by atoms with Gasteiger partial charge in [0.05, 0.1) is 59.0 Å². The van der Waals surface area contributed by atoms with Gasteiger partial charge in [0.15, 0.2) is 28.9 Å². The number of halogens is 2. The van der Waals surface area contributed by atoms with Crippen LogP contribution in [-0.2, 0) is 44.9 Å². The van der Waals surface area contributed by atoms with Crippen molar-refractivity contribution in [3.05, 3.63) is 104 Å². The van der Waals surface area contributed by atoms with Gasteiger partial charge in [-0.3, -0.25) is 9.59 Å². The van der Waals surface area contributed by atoms with Crippen LogP contribution in [0.15, 0.2) is 70.4 Å². The summed E-state index contributed by atoms with van der Waals surface area (Å²) in [6.45, 7) is 10.9. The molecule has 0 bridgehead atoms. The number of fused-ring (bicyclic) bond motifs is 6. The van der Waals surface area contributed by atoms with Gasteiger partial charge in [0.2, 0.25) is 0 Å². The Kier molecular flexibility index (Phi) is 11.7. The molecule has 6 heterocycles. The molecule has 298 valence electrons. The van der Waals surface area contributed by atoms with Gasteiger partial charge in [-0.15, -0.1) is 0 Å².